The van der Waals surface area contributed by atoms with Crippen LogP contribution in [0.4, 0.5) is 0 Å². The molecule has 0 aromatic carbocycles. The minimum Gasteiger partial charge on any atom is -0.304 e. The van der Waals surface area contributed by atoms with E-state index in [1.54, 1.807) is 14.1 Å². The topological polar surface area (TPSA) is 104 Å². The molecule has 0 bridgehead atoms. The Morgan fingerprint density at radius 2 is 2.38 bits per heavy atom. The summed E-state index contributed by atoms with van der Waals surface area (Å²) in [4.78, 5) is 25.5. The number of rotatable bonds is 4. The molecule has 1 heterocycles. The molecule has 0 fully saturated rings. The number of aryl methyl sites for hydroxylation is 1. The highest BCUT2D eigenvalue weighted by atomic mass is 32.2. The molecule has 0 spiro atoms. The second-order valence-electron chi connectivity index (χ2n) is 2.98. The van der Waals surface area contributed by atoms with Crippen molar-refractivity contribution in [2.24, 2.45) is 7.05 Å². The van der Waals surface area contributed by atoms with Gasteiger partial charge in [-0.3, -0.25) is 19.4 Å². The molecule has 0 aliphatic carbocycles. The predicted molar refractivity (Wildman–Crippen MR) is 59.3 cm³/mol. The third-order valence-corrected chi connectivity index (χ3v) is 2.95. The maximum Gasteiger partial charge on any atom is 0.339 e. The molecule has 0 aliphatic heterocycles. The van der Waals surface area contributed by atoms with Crippen molar-refractivity contribution in [3.05, 3.63) is 20.7 Å². The first kappa shape index (κ1) is 12.5. The van der Waals surface area contributed by atoms with Crippen molar-refractivity contribution in [2.75, 3.05) is 12.8 Å². The fourth-order valence-corrected chi connectivity index (χ4v) is 1.88. The smallest absolute Gasteiger partial charge is 0.304 e. The van der Waals surface area contributed by atoms with Gasteiger partial charge in [-0.05, 0) is 7.05 Å². The van der Waals surface area contributed by atoms with Gasteiger partial charge in [0.2, 0.25) is 0 Å². The van der Waals surface area contributed by atoms with E-state index in [0.717, 1.165) is 0 Å². The Labute approximate surface area is 95.5 Å². The average Bonchev–Trinajstić information content (AvgIpc) is 2.26. The second kappa shape index (κ2) is 5.48. The van der Waals surface area contributed by atoms with E-state index in [2.05, 4.69) is 15.4 Å². The predicted octanol–water partition coefficient (Wildman–Crippen LogP) is -1.33. The summed E-state index contributed by atoms with van der Waals surface area (Å²) in [5.74, 6) is 0.444. The van der Waals surface area contributed by atoms with Gasteiger partial charge in [-0.15, -0.1) is 0 Å². The van der Waals surface area contributed by atoms with E-state index in [-0.39, 0.29) is 6.04 Å². The summed E-state index contributed by atoms with van der Waals surface area (Å²) in [7, 11) is 3.25. The molecule has 0 aliphatic rings. The van der Waals surface area contributed by atoms with Gasteiger partial charge in [0, 0.05) is 12.8 Å². The van der Waals surface area contributed by atoms with E-state index >= 15 is 0 Å². The molecule has 1 aromatic heterocycles. The number of hydrogen-bond acceptors (Lipinski definition) is 6. The second-order valence-corrected chi connectivity index (χ2v) is 3.97. The number of nitrogens with one attached hydrogen (secondary N) is 2. The van der Waals surface area contributed by atoms with E-state index < -0.39 is 11.1 Å². The number of H-pyrrole nitrogens is 1. The van der Waals surface area contributed by atoms with Gasteiger partial charge in [0.1, 0.15) is 6.04 Å². The minimum atomic E-state index is -0.821. The van der Waals surface area contributed by atoms with Crippen molar-refractivity contribution in [3.8, 4) is 6.07 Å². The van der Waals surface area contributed by atoms with Gasteiger partial charge in [0.15, 0.2) is 5.16 Å². The van der Waals surface area contributed by atoms with Crippen molar-refractivity contribution >= 4 is 11.8 Å². The van der Waals surface area contributed by atoms with Crippen LogP contribution in [0.1, 0.15) is 0 Å². The molecule has 16 heavy (non-hydrogen) atoms. The van der Waals surface area contributed by atoms with Crippen LogP contribution < -0.4 is 16.4 Å². The van der Waals surface area contributed by atoms with Crippen LogP contribution in [0.15, 0.2) is 14.7 Å². The molecule has 1 unspecified atom stereocenters. The fraction of sp³-hybridized carbons (Fsp3) is 0.500. The quantitative estimate of drug-likeness (QED) is 0.500. The molecule has 1 atom stereocenters. The van der Waals surface area contributed by atoms with Gasteiger partial charge >= 0.3 is 11.1 Å². The molecule has 0 radical (unpaired) electrons. The molecule has 1 rings (SSSR count). The van der Waals surface area contributed by atoms with Crippen LogP contribution in [0.2, 0.25) is 0 Å². The standard InChI is InChI=1S/C8H11N5O2S/c1-10-5(3-9)4-16-8-11-6(14)7(15)12-13(8)2/h5,10H,4H2,1-2H3,(H,12,15). The highest BCUT2D eigenvalue weighted by molar-refractivity contribution is 7.99. The lowest BCUT2D eigenvalue weighted by Crippen LogP contribution is -2.34. The first-order valence-corrected chi connectivity index (χ1v) is 5.44. The molecular formula is C8H11N5O2S. The van der Waals surface area contributed by atoms with Gasteiger partial charge < -0.3 is 5.32 Å². The number of hydrogen-bond donors (Lipinski definition) is 2. The Bertz CT molecular complexity index is 514. The first-order valence-electron chi connectivity index (χ1n) is 4.45. The molecule has 0 saturated carbocycles. The number of nitriles is 1. The number of aromatic amines is 1. The third-order valence-electron chi connectivity index (χ3n) is 1.83. The van der Waals surface area contributed by atoms with Crippen LogP contribution in [0.5, 0.6) is 0 Å². The zero-order valence-corrected chi connectivity index (χ0v) is 9.67. The Kier molecular flexibility index (Phi) is 4.28. The lowest BCUT2D eigenvalue weighted by Gasteiger charge is -2.08. The maximum atomic E-state index is 11.0. The van der Waals surface area contributed by atoms with Crippen molar-refractivity contribution < 1.29 is 0 Å². The minimum absolute atomic E-state index is 0.325. The van der Waals surface area contributed by atoms with E-state index in [4.69, 9.17) is 5.26 Å². The van der Waals surface area contributed by atoms with Gasteiger partial charge in [0.05, 0.1) is 6.07 Å². The number of nitrogens with zero attached hydrogens (tertiary/aromatic N) is 3. The van der Waals surface area contributed by atoms with Gasteiger partial charge in [-0.25, -0.2) is 0 Å². The summed E-state index contributed by atoms with van der Waals surface area (Å²) < 4.78 is 1.36. The molecule has 8 heteroatoms. The van der Waals surface area contributed by atoms with Crippen molar-refractivity contribution in [3.63, 3.8) is 0 Å². The van der Waals surface area contributed by atoms with Crippen molar-refractivity contribution in [1.82, 2.24) is 20.1 Å². The number of thioether (sulfide) groups is 1. The Morgan fingerprint density at radius 1 is 1.69 bits per heavy atom. The summed E-state index contributed by atoms with van der Waals surface area (Å²) in [5, 5.41) is 14.2. The van der Waals surface area contributed by atoms with Crippen LogP contribution in [0, 0.1) is 11.3 Å². The SMILES string of the molecule is CNC(C#N)CSc1nc(=O)c(=O)[nH]n1C. The zero-order valence-electron chi connectivity index (χ0n) is 8.85. The molecule has 0 amide bonds. The van der Waals surface area contributed by atoms with Gasteiger partial charge in [0.25, 0.3) is 0 Å². The molecule has 7 nitrogen and oxygen atoms in total. The van der Waals surface area contributed by atoms with E-state index in [1.807, 2.05) is 6.07 Å². The Balaban J connectivity index is 2.83. The highest BCUT2D eigenvalue weighted by Crippen LogP contribution is 2.11. The summed E-state index contributed by atoms with van der Waals surface area (Å²) >= 11 is 1.22. The summed E-state index contributed by atoms with van der Waals surface area (Å²) in [6, 6.07) is 1.72. The lowest BCUT2D eigenvalue weighted by atomic mass is 10.4. The lowest BCUT2D eigenvalue weighted by molar-refractivity contribution is 0.595. The first-order chi connectivity index (χ1) is 7.58. The Morgan fingerprint density at radius 3 is 2.94 bits per heavy atom. The van der Waals surface area contributed by atoms with Crippen molar-refractivity contribution in [2.45, 2.75) is 11.2 Å². The molecular weight excluding hydrogens is 230 g/mol. The van der Waals surface area contributed by atoms with Crippen LogP contribution in [-0.2, 0) is 7.05 Å². The van der Waals surface area contributed by atoms with Crippen molar-refractivity contribution in [1.29, 1.82) is 5.26 Å². The van der Waals surface area contributed by atoms with E-state index in [0.29, 0.717) is 10.9 Å². The largest absolute Gasteiger partial charge is 0.339 e. The molecule has 86 valence electrons. The average molecular weight is 241 g/mol. The summed E-state index contributed by atoms with van der Waals surface area (Å²) in [6.07, 6.45) is 0. The fourth-order valence-electron chi connectivity index (χ4n) is 0.933. The summed E-state index contributed by atoms with van der Waals surface area (Å²) in [5.41, 5.74) is -1.57. The summed E-state index contributed by atoms with van der Waals surface area (Å²) in [6.45, 7) is 0. The van der Waals surface area contributed by atoms with Crippen LogP contribution in [0.3, 0.4) is 0 Å². The molecule has 0 saturated heterocycles. The maximum absolute atomic E-state index is 11.0. The van der Waals surface area contributed by atoms with Crippen LogP contribution >= 0.6 is 11.8 Å². The molecule has 1 aromatic rings. The molecule has 2 N–H and O–H groups in total. The van der Waals surface area contributed by atoms with Crippen LogP contribution in [0.25, 0.3) is 0 Å². The van der Waals surface area contributed by atoms with E-state index in [1.165, 1.54) is 16.4 Å². The van der Waals surface area contributed by atoms with Crippen LogP contribution in [-0.4, -0.2) is 33.6 Å². The zero-order chi connectivity index (χ0) is 12.1. The third kappa shape index (κ3) is 2.95. The number of aromatic nitrogens is 3. The van der Waals surface area contributed by atoms with Gasteiger partial charge in [-0.1, -0.05) is 11.8 Å². The Hall–Kier alpha value is -1.59. The monoisotopic (exact) mass is 241 g/mol. The van der Waals surface area contributed by atoms with E-state index in [9.17, 15) is 9.59 Å². The highest BCUT2D eigenvalue weighted by Gasteiger charge is 2.08. The normalized spacial score (nSPS) is 12.1. The van der Waals surface area contributed by atoms with Gasteiger partial charge in [-0.2, -0.15) is 10.2 Å².